The van der Waals surface area contributed by atoms with E-state index in [0.717, 1.165) is 64.1 Å². The van der Waals surface area contributed by atoms with Gasteiger partial charge in [-0.2, -0.15) is 4.98 Å². The van der Waals surface area contributed by atoms with Crippen molar-refractivity contribution in [1.82, 2.24) is 19.9 Å². The molecule has 116 valence electrons. The number of hydrogen-bond donors (Lipinski definition) is 0. The number of rotatable bonds is 3. The van der Waals surface area contributed by atoms with Crippen LogP contribution in [0.4, 0.5) is 11.9 Å². The molecule has 2 aliphatic rings. The molecule has 3 heterocycles. The minimum atomic E-state index is 0.515. The van der Waals surface area contributed by atoms with E-state index in [1.807, 2.05) is 0 Å². The molecular weight excluding hydrogens is 268 g/mol. The highest BCUT2D eigenvalue weighted by Crippen LogP contribution is 2.19. The van der Waals surface area contributed by atoms with Crippen LogP contribution in [0.1, 0.15) is 12.8 Å². The summed E-state index contributed by atoms with van der Waals surface area (Å²) in [4.78, 5) is 20.1. The zero-order valence-corrected chi connectivity index (χ0v) is 12.9. The summed E-state index contributed by atoms with van der Waals surface area (Å²) in [6.45, 7) is 5.45. The number of morpholine rings is 1. The molecule has 1 aromatic rings. The first-order chi connectivity index (χ1) is 10.2. The van der Waals surface area contributed by atoms with E-state index in [-0.39, 0.29) is 0 Å². The molecule has 0 spiro atoms. The predicted molar refractivity (Wildman–Crippen MR) is 81.8 cm³/mol. The van der Waals surface area contributed by atoms with Crippen LogP contribution in [0.2, 0.25) is 0 Å². The second-order valence-electron chi connectivity index (χ2n) is 5.83. The van der Waals surface area contributed by atoms with Crippen molar-refractivity contribution >= 4 is 11.9 Å². The summed E-state index contributed by atoms with van der Waals surface area (Å²) >= 11 is 0. The summed E-state index contributed by atoms with van der Waals surface area (Å²) < 4.78 is 5.38. The highest BCUT2D eigenvalue weighted by molar-refractivity contribution is 5.38. The van der Waals surface area contributed by atoms with Crippen molar-refractivity contribution in [2.45, 2.75) is 18.9 Å². The molecule has 0 saturated carbocycles. The number of ether oxygens (including phenoxy) is 1. The molecule has 2 saturated heterocycles. The summed E-state index contributed by atoms with van der Waals surface area (Å²) in [5, 5.41) is 0. The van der Waals surface area contributed by atoms with Crippen LogP contribution in [0.25, 0.3) is 0 Å². The maximum absolute atomic E-state index is 5.38. The van der Waals surface area contributed by atoms with Gasteiger partial charge in [-0.05, 0) is 33.0 Å². The van der Waals surface area contributed by atoms with Crippen molar-refractivity contribution in [2.75, 3.05) is 63.3 Å². The Morgan fingerprint density at radius 2 is 1.86 bits per heavy atom. The summed E-state index contributed by atoms with van der Waals surface area (Å²) in [5.74, 6) is 1.55. The van der Waals surface area contributed by atoms with Crippen LogP contribution in [0.15, 0.2) is 6.33 Å². The molecule has 0 radical (unpaired) electrons. The third kappa shape index (κ3) is 3.41. The second-order valence-corrected chi connectivity index (χ2v) is 5.83. The first-order valence-electron chi connectivity index (χ1n) is 7.67. The fourth-order valence-corrected chi connectivity index (χ4v) is 2.91. The van der Waals surface area contributed by atoms with E-state index >= 15 is 0 Å². The molecule has 7 heteroatoms. The number of piperidine rings is 1. The molecule has 21 heavy (non-hydrogen) atoms. The van der Waals surface area contributed by atoms with Gasteiger partial charge in [-0.25, -0.2) is 9.97 Å². The summed E-state index contributed by atoms with van der Waals surface area (Å²) in [7, 11) is 4.27. The van der Waals surface area contributed by atoms with Gasteiger partial charge in [0.1, 0.15) is 6.33 Å². The van der Waals surface area contributed by atoms with E-state index in [4.69, 9.17) is 4.74 Å². The molecule has 2 fully saturated rings. The van der Waals surface area contributed by atoms with E-state index in [9.17, 15) is 0 Å². The molecule has 2 aliphatic heterocycles. The Morgan fingerprint density at radius 3 is 2.57 bits per heavy atom. The number of anilines is 2. The summed E-state index contributed by atoms with van der Waals surface area (Å²) in [6.07, 6.45) is 3.94. The maximum Gasteiger partial charge on any atom is 0.230 e. The average molecular weight is 292 g/mol. The zero-order chi connectivity index (χ0) is 14.7. The molecule has 0 bridgehead atoms. The first-order valence-corrected chi connectivity index (χ1v) is 7.67. The molecule has 0 N–H and O–H groups in total. The van der Waals surface area contributed by atoms with Crippen molar-refractivity contribution < 1.29 is 4.74 Å². The third-order valence-corrected chi connectivity index (χ3v) is 4.39. The van der Waals surface area contributed by atoms with Gasteiger partial charge in [-0.1, -0.05) is 0 Å². The number of hydrogen-bond acceptors (Lipinski definition) is 7. The van der Waals surface area contributed by atoms with Gasteiger partial charge in [0.2, 0.25) is 11.9 Å². The lowest BCUT2D eigenvalue weighted by molar-refractivity contribution is 0.122. The molecule has 0 atom stereocenters. The fraction of sp³-hybridized carbons (Fsp3) is 0.786. The summed E-state index contributed by atoms with van der Waals surface area (Å²) in [6, 6.07) is 0.515. The zero-order valence-electron chi connectivity index (χ0n) is 12.9. The van der Waals surface area contributed by atoms with E-state index in [1.54, 1.807) is 6.33 Å². The number of aromatic nitrogens is 3. The van der Waals surface area contributed by atoms with Crippen molar-refractivity contribution in [3.8, 4) is 0 Å². The Balaban J connectivity index is 1.69. The minimum Gasteiger partial charge on any atom is -0.378 e. The van der Waals surface area contributed by atoms with Gasteiger partial charge in [0, 0.05) is 26.2 Å². The Labute approximate surface area is 125 Å². The second kappa shape index (κ2) is 6.53. The molecule has 0 aliphatic carbocycles. The topological polar surface area (TPSA) is 57.6 Å². The molecular formula is C14H24N6O. The predicted octanol–water partition coefficient (Wildman–Crippen LogP) is 0.239. The Kier molecular flexibility index (Phi) is 4.50. The van der Waals surface area contributed by atoms with Gasteiger partial charge in [0.05, 0.1) is 13.2 Å². The van der Waals surface area contributed by atoms with Gasteiger partial charge in [-0.15, -0.1) is 0 Å². The smallest absolute Gasteiger partial charge is 0.230 e. The van der Waals surface area contributed by atoms with Gasteiger partial charge in [0.25, 0.3) is 0 Å². The van der Waals surface area contributed by atoms with Gasteiger partial charge in [-0.3, -0.25) is 0 Å². The summed E-state index contributed by atoms with van der Waals surface area (Å²) in [5.41, 5.74) is 0. The van der Waals surface area contributed by atoms with E-state index in [0.29, 0.717) is 6.04 Å². The molecule has 1 aromatic heterocycles. The Bertz CT molecular complexity index is 457. The lowest BCUT2D eigenvalue weighted by atomic mass is 10.0. The average Bonchev–Trinajstić information content (AvgIpc) is 2.56. The minimum absolute atomic E-state index is 0.515. The monoisotopic (exact) mass is 292 g/mol. The van der Waals surface area contributed by atoms with Crippen LogP contribution < -0.4 is 9.80 Å². The van der Waals surface area contributed by atoms with Crippen LogP contribution >= 0.6 is 0 Å². The van der Waals surface area contributed by atoms with E-state index < -0.39 is 0 Å². The molecule has 7 nitrogen and oxygen atoms in total. The van der Waals surface area contributed by atoms with Crippen LogP contribution in [0, 0.1) is 0 Å². The largest absolute Gasteiger partial charge is 0.378 e. The fourth-order valence-electron chi connectivity index (χ4n) is 2.91. The van der Waals surface area contributed by atoms with Crippen LogP contribution in [-0.4, -0.2) is 79.4 Å². The van der Waals surface area contributed by atoms with Crippen LogP contribution in [-0.2, 0) is 4.74 Å². The van der Waals surface area contributed by atoms with Gasteiger partial charge >= 0.3 is 0 Å². The van der Waals surface area contributed by atoms with Crippen molar-refractivity contribution in [3.63, 3.8) is 0 Å². The van der Waals surface area contributed by atoms with Gasteiger partial charge < -0.3 is 19.4 Å². The van der Waals surface area contributed by atoms with Crippen LogP contribution in [0.5, 0.6) is 0 Å². The van der Waals surface area contributed by atoms with Crippen molar-refractivity contribution in [1.29, 1.82) is 0 Å². The normalized spacial score (nSPS) is 21.5. The Morgan fingerprint density at radius 1 is 1.14 bits per heavy atom. The number of likely N-dealkylation sites (tertiary alicyclic amines) is 1. The molecule has 3 rings (SSSR count). The van der Waals surface area contributed by atoms with E-state index in [2.05, 4.69) is 43.7 Å². The lowest BCUT2D eigenvalue weighted by Crippen LogP contribution is -2.43. The van der Waals surface area contributed by atoms with E-state index in [1.165, 1.54) is 0 Å². The Hall–Kier alpha value is -1.47. The lowest BCUT2D eigenvalue weighted by Gasteiger charge is -2.35. The maximum atomic E-state index is 5.38. The highest BCUT2D eigenvalue weighted by Gasteiger charge is 2.23. The standard InChI is InChI=1S/C14H24N6O/c1-18-5-3-12(4-6-18)19(2)13-15-11-16-14(17-13)20-7-9-21-10-8-20/h11-12H,3-10H2,1-2H3. The molecule has 0 unspecified atom stereocenters. The van der Waals surface area contributed by atoms with Crippen LogP contribution in [0.3, 0.4) is 0 Å². The highest BCUT2D eigenvalue weighted by atomic mass is 16.5. The third-order valence-electron chi connectivity index (χ3n) is 4.39. The van der Waals surface area contributed by atoms with Crippen molar-refractivity contribution in [3.05, 3.63) is 6.33 Å². The SMILES string of the molecule is CN1CCC(N(C)c2ncnc(N3CCOCC3)n2)CC1. The van der Waals surface area contributed by atoms with Crippen molar-refractivity contribution in [2.24, 2.45) is 0 Å². The quantitative estimate of drug-likeness (QED) is 0.791. The molecule has 0 aromatic carbocycles. The molecule has 0 amide bonds. The first kappa shape index (κ1) is 14.5. The number of nitrogens with zero attached hydrogens (tertiary/aromatic N) is 6. The van der Waals surface area contributed by atoms with Gasteiger partial charge in [0.15, 0.2) is 0 Å².